The van der Waals surface area contributed by atoms with Crippen LogP contribution in [0.2, 0.25) is 0 Å². The highest BCUT2D eigenvalue weighted by atomic mass is 16.4. The number of rotatable bonds is 4. The minimum Gasteiger partial charge on any atom is -0.478 e. The van der Waals surface area contributed by atoms with Crippen LogP contribution in [0.4, 0.5) is 0 Å². The molecule has 2 heterocycles. The standard InChI is InChI=1S/C20H24N2O2/c1-14-10-15(2)12-17(11-14)16-5-8-22(9-6-16)13-19-18(20(23)24)4-3-7-21-19/h3-4,7,10-12,16H,5-6,8-9,13H2,1-2H3,(H,23,24). The monoisotopic (exact) mass is 324 g/mol. The smallest absolute Gasteiger partial charge is 0.337 e. The number of aromatic carboxylic acids is 1. The van der Waals surface area contributed by atoms with Gasteiger partial charge in [0.1, 0.15) is 0 Å². The summed E-state index contributed by atoms with van der Waals surface area (Å²) in [5.41, 5.74) is 5.07. The maximum atomic E-state index is 11.3. The van der Waals surface area contributed by atoms with Crippen LogP contribution >= 0.6 is 0 Å². The lowest BCUT2D eigenvalue weighted by Crippen LogP contribution is -2.33. The van der Waals surface area contributed by atoms with Crippen molar-refractivity contribution < 1.29 is 9.90 Å². The minimum atomic E-state index is -0.900. The second-order valence-electron chi connectivity index (χ2n) is 6.77. The Morgan fingerprint density at radius 3 is 2.50 bits per heavy atom. The van der Waals surface area contributed by atoms with E-state index in [4.69, 9.17) is 0 Å². The van der Waals surface area contributed by atoms with Gasteiger partial charge in [-0.05, 0) is 63.4 Å². The van der Waals surface area contributed by atoms with Crippen LogP contribution in [-0.4, -0.2) is 34.0 Å². The van der Waals surface area contributed by atoms with Gasteiger partial charge < -0.3 is 5.11 Å². The number of aryl methyl sites for hydroxylation is 2. The Kier molecular flexibility index (Phi) is 4.95. The maximum absolute atomic E-state index is 11.3. The largest absolute Gasteiger partial charge is 0.478 e. The van der Waals surface area contributed by atoms with Gasteiger partial charge >= 0.3 is 5.97 Å². The summed E-state index contributed by atoms with van der Waals surface area (Å²) < 4.78 is 0. The first-order valence-corrected chi connectivity index (χ1v) is 8.50. The fraction of sp³-hybridized carbons (Fsp3) is 0.400. The predicted octanol–water partition coefficient (Wildman–Crippen LogP) is 3.78. The number of likely N-dealkylation sites (tertiary alicyclic amines) is 1. The summed E-state index contributed by atoms with van der Waals surface area (Å²) in [4.78, 5) is 17.9. The molecule has 24 heavy (non-hydrogen) atoms. The van der Waals surface area contributed by atoms with Crippen molar-refractivity contribution in [2.75, 3.05) is 13.1 Å². The van der Waals surface area contributed by atoms with Crippen molar-refractivity contribution in [3.8, 4) is 0 Å². The van der Waals surface area contributed by atoms with E-state index >= 15 is 0 Å². The molecule has 0 aliphatic carbocycles. The third-order valence-corrected chi connectivity index (χ3v) is 4.80. The third kappa shape index (κ3) is 3.82. The number of hydrogen-bond donors (Lipinski definition) is 1. The maximum Gasteiger partial charge on any atom is 0.337 e. The Bertz CT molecular complexity index is 714. The van der Waals surface area contributed by atoms with E-state index in [1.54, 1.807) is 18.3 Å². The average molecular weight is 324 g/mol. The number of carbonyl (C=O) groups is 1. The summed E-state index contributed by atoms with van der Waals surface area (Å²) in [6.07, 6.45) is 3.89. The molecule has 4 heteroatoms. The number of pyridine rings is 1. The zero-order valence-electron chi connectivity index (χ0n) is 14.3. The van der Waals surface area contributed by atoms with Gasteiger partial charge in [-0.3, -0.25) is 9.88 Å². The number of benzene rings is 1. The number of aromatic nitrogens is 1. The van der Waals surface area contributed by atoms with Gasteiger partial charge in [0.15, 0.2) is 0 Å². The van der Waals surface area contributed by atoms with E-state index < -0.39 is 5.97 Å². The molecule has 0 amide bonds. The highest BCUT2D eigenvalue weighted by molar-refractivity contribution is 5.88. The zero-order chi connectivity index (χ0) is 17.1. The van der Waals surface area contributed by atoms with Gasteiger partial charge in [-0.25, -0.2) is 4.79 Å². The van der Waals surface area contributed by atoms with Gasteiger partial charge in [-0.15, -0.1) is 0 Å². The Morgan fingerprint density at radius 2 is 1.88 bits per heavy atom. The quantitative estimate of drug-likeness (QED) is 0.930. The van der Waals surface area contributed by atoms with Crippen LogP contribution < -0.4 is 0 Å². The number of nitrogens with zero attached hydrogens (tertiary/aromatic N) is 2. The van der Waals surface area contributed by atoms with E-state index in [1.165, 1.54) is 16.7 Å². The molecule has 1 N–H and O–H groups in total. The summed E-state index contributed by atoms with van der Waals surface area (Å²) in [5.74, 6) is -0.300. The van der Waals surface area contributed by atoms with Gasteiger partial charge in [0.25, 0.3) is 0 Å². The third-order valence-electron chi connectivity index (χ3n) is 4.80. The molecule has 0 atom stereocenters. The zero-order valence-corrected chi connectivity index (χ0v) is 14.3. The van der Waals surface area contributed by atoms with Crippen molar-refractivity contribution in [3.05, 3.63) is 64.5 Å². The van der Waals surface area contributed by atoms with Gasteiger partial charge in [0.2, 0.25) is 0 Å². The van der Waals surface area contributed by atoms with Crippen LogP contribution in [0.15, 0.2) is 36.5 Å². The molecule has 3 rings (SSSR count). The summed E-state index contributed by atoms with van der Waals surface area (Å²) >= 11 is 0. The van der Waals surface area contributed by atoms with Crippen molar-refractivity contribution in [2.45, 2.75) is 39.2 Å². The van der Waals surface area contributed by atoms with Crippen molar-refractivity contribution in [3.63, 3.8) is 0 Å². The molecule has 1 aliphatic heterocycles. The van der Waals surface area contributed by atoms with Crippen LogP contribution in [-0.2, 0) is 6.54 Å². The first kappa shape index (κ1) is 16.7. The topological polar surface area (TPSA) is 53.4 Å². The molecule has 0 saturated carbocycles. The fourth-order valence-corrected chi connectivity index (χ4v) is 3.64. The van der Waals surface area contributed by atoms with E-state index in [1.807, 2.05) is 0 Å². The first-order valence-electron chi connectivity index (χ1n) is 8.50. The van der Waals surface area contributed by atoms with E-state index in [-0.39, 0.29) is 0 Å². The summed E-state index contributed by atoms with van der Waals surface area (Å²) in [5, 5.41) is 9.28. The highest BCUT2D eigenvalue weighted by Gasteiger charge is 2.22. The molecule has 0 unspecified atom stereocenters. The summed E-state index contributed by atoms with van der Waals surface area (Å²) in [7, 11) is 0. The lowest BCUT2D eigenvalue weighted by atomic mass is 9.87. The van der Waals surface area contributed by atoms with Crippen LogP contribution in [0.5, 0.6) is 0 Å². The van der Waals surface area contributed by atoms with Gasteiger partial charge in [0, 0.05) is 12.7 Å². The van der Waals surface area contributed by atoms with Gasteiger partial charge in [-0.2, -0.15) is 0 Å². The van der Waals surface area contributed by atoms with Crippen molar-refractivity contribution in [2.24, 2.45) is 0 Å². The molecule has 1 fully saturated rings. The molecule has 0 bridgehead atoms. The van der Waals surface area contributed by atoms with E-state index in [2.05, 4.69) is 41.9 Å². The predicted molar refractivity (Wildman–Crippen MR) is 94.4 cm³/mol. The minimum absolute atomic E-state index is 0.314. The lowest BCUT2D eigenvalue weighted by Gasteiger charge is -2.32. The number of hydrogen-bond acceptors (Lipinski definition) is 3. The molecule has 2 aromatic rings. The Hall–Kier alpha value is -2.20. The molecule has 1 aromatic heterocycles. The van der Waals surface area contributed by atoms with E-state index in [0.29, 0.717) is 23.7 Å². The Balaban J connectivity index is 1.64. The molecule has 0 spiro atoms. The van der Waals surface area contributed by atoms with E-state index in [9.17, 15) is 9.90 Å². The number of piperidine rings is 1. The average Bonchev–Trinajstić information content (AvgIpc) is 2.55. The Labute approximate surface area is 143 Å². The number of carboxylic acids is 1. The molecule has 1 aromatic carbocycles. The summed E-state index contributed by atoms with van der Waals surface area (Å²) in [6.45, 7) is 6.88. The summed E-state index contributed by atoms with van der Waals surface area (Å²) in [6, 6.07) is 10.1. The second-order valence-corrected chi connectivity index (χ2v) is 6.77. The normalized spacial score (nSPS) is 16.2. The molecular formula is C20H24N2O2. The van der Waals surface area contributed by atoms with Crippen molar-refractivity contribution in [1.82, 2.24) is 9.88 Å². The van der Waals surface area contributed by atoms with Crippen LogP contribution in [0.1, 0.15) is 51.5 Å². The molecular weight excluding hydrogens is 300 g/mol. The highest BCUT2D eigenvalue weighted by Crippen LogP contribution is 2.30. The SMILES string of the molecule is Cc1cc(C)cc(C2CCN(Cc3ncccc3C(=O)O)CC2)c1. The van der Waals surface area contributed by atoms with Crippen LogP contribution in [0, 0.1) is 13.8 Å². The number of carboxylic acid groups (broad SMARTS) is 1. The molecule has 1 saturated heterocycles. The molecule has 126 valence electrons. The van der Waals surface area contributed by atoms with Crippen LogP contribution in [0.3, 0.4) is 0 Å². The van der Waals surface area contributed by atoms with Crippen molar-refractivity contribution in [1.29, 1.82) is 0 Å². The lowest BCUT2D eigenvalue weighted by molar-refractivity contribution is 0.0693. The van der Waals surface area contributed by atoms with Gasteiger partial charge in [-0.1, -0.05) is 29.3 Å². The fourth-order valence-electron chi connectivity index (χ4n) is 3.64. The van der Waals surface area contributed by atoms with Crippen molar-refractivity contribution >= 4 is 5.97 Å². The Morgan fingerprint density at radius 1 is 1.21 bits per heavy atom. The molecule has 1 aliphatic rings. The second kappa shape index (κ2) is 7.14. The first-order chi connectivity index (χ1) is 11.5. The molecule has 4 nitrogen and oxygen atoms in total. The van der Waals surface area contributed by atoms with Crippen LogP contribution in [0.25, 0.3) is 0 Å². The molecule has 0 radical (unpaired) electrons. The van der Waals surface area contributed by atoms with Gasteiger partial charge in [0.05, 0.1) is 11.3 Å². The van der Waals surface area contributed by atoms with E-state index in [0.717, 1.165) is 25.9 Å².